The second kappa shape index (κ2) is 7.68. The van der Waals surface area contributed by atoms with Crippen molar-refractivity contribution in [1.29, 1.82) is 0 Å². The van der Waals surface area contributed by atoms with Crippen LogP contribution in [0.1, 0.15) is 63.0 Å². The van der Waals surface area contributed by atoms with Crippen LogP contribution >= 0.6 is 0 Å². The molecule has 1 heterocycles. The summed E-state index contributed by atoms with van der Waals surface area (Å²) in [6.07, 6.45) is 4.63. The van der Waals surface area contributed by atoms with Crippen LogP contribution in [0.2, 0.25) is 0 Å². The third-order valence-electron chi connectivity index (χ3n) is 5.04. The fourth-order valence-corrected chi connectivity index (χ4v) is 3.54. The Balaban J connectivity index is 2.04. The molecule has 5 heteroatoms. The molecule has 2 nitrogen and oxygen atoms in total. The minimum Gasteiger partial charge on any atom is -0.337 e. The molecule has 26 heavy (non-hydrogen) atoms. The second-order valence-electron chi connectivity index (χ2n) is 6.97. The zero-order valence-corrected chi connectivity index (χ0v) is 15.3. The second-order valence-corrected chi connectivity index (χ2v) is 6.97. The number of benzene rings is 1. The lowest BCUT2D eigenvalue weighted by molar-refractivity contribution is -0.137. The van der Waals surface area contributed by atoms with Crippen molar-refractivity contribution in [2.75, 3.05) is 4.90 Å². The Morgan fingerprint density at radius 3 is 2.35 bits per heavy atom. The maximum Gasteiger partial charge on any atom is 0.416 e. The van der Waals surface area contributed by atoms with Crippen LogP contribution in [0.5, 0.6) is 0 Å². The standard InChI is InChI=1S/C21H25F3N2/c1-3-5-17(4-2)26(18-10-8-16(9-11-18)21(22,23)24)20-14-25-13-12-19(20)15-6-7-15/h8-15,17H,3-7H2,1-2H3. The number of pyridine rings is 1. The van der Waals surface area contributed by atoms with Crippen molar-refractivity contribution < 1.29 is 13.2 Å². The molecule has 0 aliphatic heterocycles. The number of hydrogen-bond acceptors (Lipinski definition) is 2. The molecule has 1 aromatic carbocycles. The molecule has 0 radical (unpaired) electrons. The highest BCUT2D eigenvalue weighted by Gasteiger charge is 2.32. The fourth-order valence-electron chi connectivity index (χ4n) is 3.54. The summed E-state index contributed by atoms with van der Waals surface area (Å²) in [4.78, 5) is 6.51. The number of nitrogens with zero attached hydrogens (tertiary/aromatic N) is 2. The summed E-state index contributed by atoms with van der Waals surface area (Å²) in [7, 11) is 0. The molecular weight excluding hydrogens is 337 g/mol. The molecule has 0 bridgehead atoms. The van der Waals surface area contributed by atoms with E-state index in [0.717, 1.165) is 30.6 Å². The summed E-state index contributed by atoms with van der Waals surface area (Å²) in [6, 6.07) is 7.82. The van der Waals surface area contributed by atoms with Crippen molar-refractivity contribution in [3.05, 3.63) is 53.9 Å². The Hall–Kier alpha value is -2.04. The van der Waals surface area contributed by atoms with Gasteiger partial charge in [-0.2, -0.15) is 13.2 Å². The quantitative estimate of drug-likeness (QED) is 0.545. The maximum absolute atomic E-state index is 12.9. The van der Waals surface area contributed by atoms with Gasteiger partial charge in [-0.15, -0.1) is 0 Å². The van der Waals surface area contributed by atoms with E-state index in [4.69, 9.17) is 0 Å². The van der Waals surface area contributed by atoms with Gasteiger partial charge in [0.2, 0.25) is 0 Å². The maximum atomic E-state index is 12.9. The molecule has 1 aliphatic carbocycles. The van der Waals surface area contributed by atoms with Gasteiger partial charge in [0, 0.05) is 17.9 Å². The summed E-state index contributed by atoms with van der Waals surface area (Å²) in [5.41, 5.74) is 2.48. The molecule has 0 N–H and O–H groups in total. The van der Waals surface area contributed by atoms with Gasteiger partial charge in [-0.1, -0.05) is 20.3 Å². The van der Waals surface area contributed by atoms with Crippen molar-refractivity contribution in [1.82, 2.24) is 4.98 Å². The lowest BCUT2D eigenvalue weighted by Crippen LogP contribution is -2.31. The average molecular weight is 362 g/mol. The van der Waals surface area contributed by atoms with Gasteiger partial charge in [-0.3, -0.25) is 4.98 Å². The Kier molecular flexibility index (Phi) is 5.54. The van der Waals surface area contributed by atoms with Crippen LogP contribution in [0, 0.1) is 0 Å². The van der Waals surface area contributed by atoms with E-state index in [2.05, 4.69) is 29.8 Å². The van der Waals surface area contributed by atoms with Gasteiger partial charge in [-0.25, -0.2) is 0 Å². The molecule has 3 rings (SSSR count). The molecule has 0 amide bonds. The highest BCUT2D eigenvalue weighted by molar-refractivity contribution is 5.68. The van der Waals surface area contributed by atoms with Crippen molar-refractivity contribution in [2.45, 2.75) is 64.1 Å². The highest BCUT2D eigenvalue weighted by Crippen LogP contribution is 2.46. The lowest BCUT2D eigenvalue weighted by Gasteiger charge is -2.34. The summed E-state index contributed by atoms with van der Waals surface area (Å²) in [6.45, 7) is 4.27. The molecule has 140 valence electrons. The average Bonchev–Trinajstić information content (AvgIpc) is 3.46. The Labute approximate surface area is 153 Å². The van der Waals surface area contributed by atoms with Crippen LogP contribution in [0.3, 0.4) is 0 Å². The van der Waals surface area contributed by atoms with E-state index >= 15 is 0 Å². The third-order valence-corrected chi connectivity index (χ3v) is 5.04. The van der Waals surface area contributed by atoms with Gasteiger partial charge < -0.3 is 4.90 Å². The van der Waals surface area contributed by atoms with E-state index in [1.54, 1.807) is 12.1 Å². The van der Waals surface area contributed by atoms with Gasteiger partial charge in [0.25, 0.3) is 0 Å². The third kappa shape index (κ3) is 4.02. The predicted molar refractivity (Wildman–Crippen MR) is 98.8 cm³/mol. The molecule has 1 atom stereocenters. The number of alkyl halides is 3. The van der Waals surface area contributed by atoms with E-state index in [9.17, 15) is 13.2 Å². The Bertz CT molecular complexity index is 721. The van der Waals surface area contributed by atoms with Crippen LogP contribution in [-0.4, -0.2) is 11.0 Å². The first-order chi connectivity index (χ1) is 12.5. The number of hydrogen-bond donors (Lipinski definition) is 0. The van der Waals surface area contributed by atoms with Crippen LogP contribution in [0.15, 0.2) is 42.7 Å². The van der Waals surface area contributed by atoms with Gasteiger partial charge in [0.05, 0.1) is 17.4 Å². The largest absolute Gasteiger partial charge is 0.416 e. The molecule has 2 aromatic rings. The monoisotopic (exact) mass is 362 g/mol. The zero-order valence-electron chi connectivity index (χ0n) is 15.3. The number of anilines is 2. The van der Waals surface area contributed by atoms with Crippen molar-refractivity contribution in [3.63, 3.8) is 0 Å². The van der Waals surface area contributed by atoms with Gasteiger partial charge in [0.15, 0.2) is 0 Å². The highest BCUT2D eigenvalue weighted by atomic mass is 19.4. The summed E-state index contributed by atoms with van der Waals surface area (Å²) < 4.78 is 38.8. The van der Waals surface area contributed by atoms with Gasteiger partial charge in [0.1, 0.15) is 0 Å². The minimum absolute atomic E-state index is 0.235. The normalized spacial score (nSPS) is 15.7. The fraction of sp³-hybridized carbons (Fsp3) is 0.476. The molecule has 1 aliphatic rings. The van der Waals surface area contributed by atoms with E-state index < -0.39 is 11.7 Å². The molecule has 1 saturated carbocycles. The zero-order chi connectivity index (χ0) is 18.7. The van der Waals surface area contributed by atoms with Crippen LogP contribution in [0.4, 0.5) is 24.5 Å². The van der Waals surface area contributed by atoms with Crippen molar-refractivity contribution in [3.8, 4) is 0 Å². The predicted octanol–water partition coefficient (Wildman–Crippen LogP) is 6.69. The van der Waals surface area contributed by atoms with Crippen molar-refractivity contribution >= 4 is 11.4 Å². The smallest absolute Gasteiger partial charge is 0.337 e. The number of aromatic nitrogens is 1. The lowest BCUT2D eigenvalue weighted by atomic mass is 10.0. The first kappa shape index (κ1) is 18.7. The minimum atomic E-state index is -4.32. The summed E-state index contributed by atoms with van der Waals surface area (Å²) in [5.74, 6) is 0.545. The van der Waals surface area contributed by atoms with Gasteiger partial charge >= 0.3 is 6.18 Å². The first-order valence-electron chi connectivity index (χ1n) is 9.36. The van der Waals surface area contributed by atoms with E-state index in [-0.39, 0.29) is 6.04 Å². The van der Waals surface area contributed by atoms with Gasteiger partial charge in [-0.05, 0) is 67.5 Å². The van der Waals surface area contributed by atoms with Crippen LogP contribution in [0.25, 0.3) is 0 Å². The molecule has 1 unspecified atom stereocenters. The first-order valence-corrected chi connectivity index (χ1v) is 9.36. The van der Waals surface area contributed by atoms with E-state index in [1.165, 1.54) is 30.5 Å². The van der Waals surface area contributed by atoms with Crippen molar-refractivity contribution in [2.24, 2.45) is 0 Å². The summed E-state index contributed by atoms with van der Waals surface area (Å²) >= 11 is 0. The van der Waals surface area contributed by atoms with E-state index in [1.807, 2.05) is 12.4 Å². The molecule has 0 spiro atoms. The molecule has 1 aromatic heterocycles. The number of halogens is 3. The Morgan fingerprint density at radius 2 is 1.81 bits per heavy atom. The molecule has 0 saturated heterocycles. The molecule has 1 fully saturated rings. The van der Waals surface area contributed by atoms with Crippen LogP contribution in [-0.2, 0) is 6.18 Å². The number of rotatable bonds is 7. The Morgan fingerprint density at radius 1 is 1.12 bits per heavy atom. The topological polar surface area (TPSA) is 16.1 Å². The van der Waals surface area contributed by atoms with E-state index in [0.29, 0.717) is 5.92 Å². The van der Waals surface area contributed by atoms with Crippen LogP contribution < -0.4 is 4.90 Å². The molecular formula is C21H25F3N2. The summed E-state index contributed by atoms with van der Waals surface area (Å²) in [5, 5.41) is 0. The SMILES string of the molecule is CCCC(CC)N(c1ccc(C(F)(F)F)cc1)c1cnccc1C1CC1.